The Morgan fingerprint density at radius 2 is 2.00 bits per heavy atom. The number of halogens is 1. The van der Waals surface area contributed by atoms with E-state index in [0.717, 1.165) is 0 Å². The van der Waals surface area contributed by atoms with Crippen LogP contribution in [0.5, 0.6) is 0 Å². The van der Waals surface area contributed by atoms with E-state index in [2.05, 4.69) is 15.0 Å². The summed E-state index contributed by atoms with van der Waals surface area (Å²) in [4.78, 5) is 6.36. The fourth-order valence-corrected chi connectivity index (χ4v) is 2.43. The maximum absolute atomic E-state index is 12.9. The van der Waals surface area contributed by atoms with Gasteiger partial charge in [0.1, 0.15) is 5.82 Å². The predicted molar refractivity (Wildman–Crippen MR) is 74.8 cm³/mol. The van der Waals surface area contributed by atoms with Gasteiger partial charge in [-0.2, -0.15) is 4.98 Å². The molecule has 5 nitrogen and oxygen atoms in total. The van der Waals surface area contributed by atoms with Gasteiger partial charge >= 0.3 is 0 Å². The van der Waals surface area contributed by atoms with Gasteiger partial charge in [-0.05, 0) is 30.2 Å². The summed E-state index contributed by atoms with van der Waals surface area (Å²) in [5.74, 6) is 0.881. The Balaban J connectivity index is 1.63. The van der Waals surface area contributed by atoms with E-state index in [9.17, 15) is 9.50 Å². The highest BCUT2D eigenvalue weighted by molar-refractivity contribution is 5.53. The van der Waals surface area contributed by atoms with E-state index in [1.165, 1.54) is 12.1 Å². The molecule has 0 bridgehead atoms. The summed E-state index contributed by atoms with van der Waals surface area (Å²) in [6.07, 6.45) is 0. The van der Waals surface area contributed by atoms with Crippen molar-refractivity contribution in [2.45, 2.75) is 26.0 Å². The Kier molecular flexibility index (Phi) is 3.51. The molecule has 1 fully saturated rings. The Morgan fingerprint density at radius 1 is 1.33 bits per heavy atom. The second-order valence-corrected chi connectivity index (χ2v) is 5.92. The average molecular weight is 291 g/mol. The molecule has 3 rings (SSSR count). The molecule has 0 spiro atoms. The van der Waals surface area contributed by atoms with Gasteiger partial charge in [-0.25, -0.2) is 4.39 Å². The molecule has 1 N–H and O–H groups in total. The summed E-state index contributed by atoms with van der Waals surface area (Å²) in [6, 6.07) is 5.96. The zero-order chi connectivity index (χ0) is 15.0. The van der Waals surface area contributed by atoms with Crippen LogP contribution in [0.1, 0.15) is 19.7 Å². The molecular formula is C15H18FN3O2. The highest BCUT2D eigenvalue weighted by atomic mass is 19.1. The van der Waals surface area contributed by atoms with Crippen molar-refractivity contribution in [3.63, 3.8) is 0 Å². The van der Waals surface area contributed by atoms with Gasteiger partial charge in [0.05, 0.1) is 12.1 Å². The van der Waals surface area contributed by atoms with E-state index in [1.54, 1.807) is 12.1 Å². The highest BCUT2D eigenvalue weighted by Crippen LogP contribution is 2.29. The lowest BCUT2D eigenvalue weighted by molar-refractivity contribution is -0.133. The van der Waals surface area contributed by atoms with Crippen molar-refractivity contribution in [1.82, 2.24) is 15.0 Å². The van der Waals surface area contributed by atoms with E-state index in [1.807, 2.05) is 13.8 Å². The van der Waals surface area contributed by atoms with Gasteiger partial charge in [0.15, 0.2) is 0 Å². The Bertz CT molecular complexity index is 618. The van der Waals surface area contributed by atoms with Crippen LogP contribution in [-0.2, 0) is 6.54 Å². The number of aliphatic hydroxyl groups is 1. The van der Waals surface area contributed by atoms with Crippen molar-refractivity contribution >= 4 is 0 Å². The van der Waals surface area contributed by atoms with Gasteiger partial charge in [-0.1, -0.05) is 19.0 Å². The van der Waals surface area contributed by atoms with E-state index in [0.29, 0.717) is 36.9 Å². The Labute approximate surface area is 122 Å². The molecule has 6 heteroatoms. The fraction of sp³-hybridized carbons (Fsp3) is 0.467. The average Bonchev–Trinajstić information content (AvgIpc) is 2.86. The molecule has 0 aliphatic carbocycles. The SMILES string of the molecule is CC(C)C1(O)CN(Cc2nc(-c3ccc(F)cc3)no2)C1. The molecule has 0 amide bonds. The first-order valence-electron chi connectivity index (χ1n) is 6.99. The molecule has 1 aromatic heterocycles. The number of benzene rings is 1. The molecule has 21 heavy (non-hydrogen) atoms. The summed E-state index contributed by atoms with van der Waals surface area (Å²) in [5.41, 5.74) is 0.105. The largest absolute Gasteiger partial charge is 0.387 e. The molecule has 0 saturated carbocycles. The van der Waals surface area contributed by atoms with E-state index >= 15 is 0 Å². The first-order chi connectivity index (χ1) is 9.96. The molecule has 1 saturated heterocycles. The minimum absolute atomic E-state index is 0.228. The molecule has 0 atom stereocenters. The van der Waals surface area contributed by atoms with Crippen molar-refractivity contribution < 1.29 is 14.0 Å². The van der Waals surface area contributed by atoms with Crippen molar-refractivity contribution in [2.75, 3.05) is 13.1 Å². The third-order valence-electron chi connectivity index (χ3n) is 4.00. The van der Waals surface area contributed by atoms with Gasteiger partial charge in [0.2, 0.25) is 11.7 Å². The number of nitrogens with zero attached hydrogens (tertiary/aromatic N) is 3. The number of rotatable bonds is 4. The summed E-state index contributed by atoms with van der Waals surface area (Å²) >= 11 is 0. The topological polar surface area (TPSA) is 62.4 Å². The molecule has 1 aliphatic heterocycles. The lowest BCUT2D eigenvalue weighted by atomic mass is 9.83. The van der Waals surface area contributed by atoms with Gasteiger partial charge in [-0.15, -0.1) is 0 Å². The molecule has 112 valence electrons. The van der Waals surface area contributed by atoms with Crippen LogP contribution in [0.3, 0.4) is 0 Å². The first kappa shape index (κ1) is 14.2. The number of aromatic nitrogens is 2. The van der Waals surface area contributed by atoms with Gasteiger partial charge < -0.3 is 9.63 Å². The second-order valence-electron chi connectivity index (χ2n) is 5.92. The molecule has 1 aliphatic rings. The van der Waals surface area contributed by atoms with Crippen LogP contribution in [0, 0.1) is 11.7 Å². The van der Waals surface area contributed by atoms with Crippen LogP contribution < -0.4 is 0 Å². The Hall–Kier alpha value is -1.79. The summed E-state index contributed by atoms with van der Waals surface area (Å²) < 4.78 is 18.1. The summed E-state index contributed by atoms with van der Waals surface area (Å²) in [5, 5.41) is 14.1. The zero-order valence-electron chi connectivity index (χ0n) is 12.1. The van der Waals surface area contributed by atoms with Crippen LogP contribution in [0.15, 0.2) is 28.8 Å². The maximum atomic E-state index is 12.9. The fourth-order valence-electron chi connectivity index (χ4n) is 2.43. The lowest BCUT2D eigenvalue weighted by Crippen LogP contribution is -2.63. The van der Waals surface area contributed by atoms with Crippen molar-refractivity contribution in [3.8, 4) is 11.4 Å². The minimum Gasteiger partial charge on any atom is -0.387 e. The number of hydrogen-bond donors (Lipinski definition) is 1. The van der Waals surface area contributed by atoms with E-state index < -0.39 is 5.60 Å². The number of likely N-dealkylation sites (tertiary alicyclic amines) is 1. The van der Waals surface area contributed by atoms with Crippen LogP contribution in [0.25, 0.3) is 11.4 Å². The smallest absolute Gasteiger partial charge is 0.241 e. The van der Waals surface area contributed by atoms with Crippen molar-refractivity contribution in [1.29, 1.82) is 0 Å². The van der Waals surface area contributed by atoms with Crippen LogP contribution in [-0.4, -0.2) is 38.8 Å². The number of β-amino-alcohol motifs (C(OH)–C–C–N with tert-alkyl or cyclic N) is 1. The standard InChI is InChI=1S/C15H18FN3O2/c1-10(2)15(20)8-19(9-15)7-13-17-14(18-21-13)11-3-5-12(16)6-4-11/h3-6,10,20H,7-9H2,1-2H3. The van der Waals surface area contributed by atoms with Gasteiger partial charge in [0.25, 0.3) is 0 Å². The molecule has 1 aromatic carbocycles. The van der Waals surface area contributed by atoms with Crippen LogP contribution in [0.4, 0.5) is 4.39 Å². The monoisotopic (exact) mass is 291 g/mol. The molecule has 2 aromatic rings. The van der Waals surface area contributed by atoms with Crippen molar-refractivity contribution in [2.24, 2.45) is 5.92 Å². The highest BCUT2D eigenvalue weighted by Gasteiger charge is 2.43. The predicted octanol–water partition coefficient (Wildman–Crippen LogP) is 2.08. The molecule has 0 radical (unpaired) electrons. The van der Waals surface area contributed by atoms with Gasteiger partial charge in [0, 0.05) is 18.7 Å². The van der Waals surface area contributed by atoms with Crippen LogP contribution in [0.2, 0.25) is 0 Å². The van der Waals surface area contributed by atoms with Crippen LogP contribution >= 0.6 is 0 Å². The lowest BCUT2D eigenvalue weighted by Gasteiger charge is -2.48. The normalized spacial score (nSPS) is 18.0. The maximum Gasteiger partial charge on any atom is 0.241 e. The molecule has 2 heterocycles. The number of hydrogen-bond acceptors (Lipinski definition) is 5. The Morgan fingerprint density at radius 3 is 2.62 bits per heavy atom. The summed E-state index contributed by atoms with van der Waals surface area (Å²) in [6.45, 7) is 5.76. The molecule has 0 unspecified atom stereocenters. The minimum atomic E-state index is -0.611. The third kappa shape index (κ3) is 2.82. The van der Waals surface area contributed by atoms with E-state index in [-0.39, 0.29) is 11.7 Å². The van der Waals surface area contributed by atoms with E-state index in [4.69, 9.17) is 4.52 Å². The van der Waals surface area contributed by atoms with Gasteiger partial charge in [-0.3, -0.25) is 4.90 Å². The second kappa shape index (κ2) is 5.20. The quantitative estimate of drug-likeness (QED) is 0.934. The summed E-state index contributed by atoms with van der Waals surface area (Å²) in [7, 11) is 0. The first-order valence-corrected chi connectivity index (χ1v) is 6.99. The molecular weight excluding hydrogens is 273 g/mol. The van der Waals surface area contributed by atoms with Crippen molar-refractivity contribution in [3.05, 3.63) is 36.0 Å². The zero-order valence-corrected chi connectivity index (χ0v) is 12.1. The third-order valence-corrected chi connectivity index (χ3v) is 4.00.